The molecule has 150 valence electrons. The number of pyridine rings is 1. The largest absolute Gasteiger partial charge is 0.573 e. The van der Waals surface area contributed by atoms with Gasteiger partial charge < -0.3 is 14.4 Å². The number of rotatable bonds is 4. The zero-order chi connectivity index (χ0) is 20.5. The highest BCUT2D eigenvalue weighted by molar-refractivity contribution is 5.97. The lowest BCUT2D eigenvalue weighted by molar-refractivity contribution is -0.274. The molecule has 0 radical (unpaired) electrons. The van der Waals surface area contributed by atoms with Gasteiger partial charge in [0.25, 0.3) is 5.91 Å². The van der Waals surface area contributed by atoms with Crippen LogP contribution in [0.3, 0.4) is 0 Å². The van der Waals surface area contributed by atoms with Crippen molar-refractivity contribution in [1.82, 2.24) is 9.88 Å². The Morgan fingerprint density at radius 2 is 1.75 bits per heavy atom. The first kappa shape index (κ1) is 19.8. The van der Waals surface area contributed by atoms with E-state index in [1.54, 1.807) is 0 Å². The Balaban J connectivity index is 1.62. The van der Waals surface area contributed by atoms with E-state index < -0.39 is 35.9 Å². The summed E-state index contributed by atoms with van der Waals surface area (Å²) in [5.41, 5.74) is -1.21. The van der Waals surface area contributed by atoms with Crippen molar-refractivity contribution in [2.24, 2.45) is 0 Å². The van der Waals surface area contributed by atoms with E-state index in [-0.39, 0.29) is 24.5 Å². The van der Waals surface area contributed by atoms with E-state index in [9.17, 15) is 31.1 Å². The number of aromatic nitrogens is 1. The van der Waals surface area contributed by atoms with E-state index in [2.05, 4.69) is 9.72 Å². The minimum absolute atomic E-state index is 0.0168. The van der Waals surface area contributed by atoms with Crippen molar-refractivity contribution in [3.8, 4) is 11.6 Å². The Bertz CT molecular complexity index is 862. The molecule has 1 aliphatic rings. The molecule has 0 saturated carbocycles. The minimum Gasteiger partial charge on any atom is -0.471 e. The van der Waals surface area contributed by atoms with Crippen molar-refractivity contribution in [3.63, 3.8) is 0 Å². The van der Waals surface area contributed by atoms with Crippen molar-refractivity contribution < 1.29 is 40.6 Å². The number of ether oxygens (including phenoxy) is 2. The van der Waals surface area contributed by atoms with E-state index in [0.29, 0.717) is 0 Å². The average molecular weight is 406 g/mol. The predicted octanol–water partition coefficient (Wildman–Crippen LogP) is 3.90. The van der Waals surface area contributed by atoms with Crippen molar-refractivity contribution in [3.05, 3.63) is 53.7 Å². The summed E-state index contributed by atoms with van der Waals surface area (Å²) in [5, 5.41) is 0. The highest BCUT2D eigenvalue weighted by Gasteiger charge is 2.37. The van der Waals surface area contributed by atoms with E-state index in [1.807, 2.05) is 0 Å². The van der Waals surface area contributed by atoms with Gasteiger partial charge in [0.05, 0.1) is 24.2 Å². The number of carbonyl (C=O) groups excluding carboxylic acids is 1. The number of para-hydroxylation sites is 1. The molecular weight excluding hydrogens is 394 g/mol. The number of amides is 1. The fraction of sp³-hybridized carbons (Fsp3) is 0.294. The first-order valence-electron chi connectivity index (χ1n) is 7.87. The monoisotopic (exact) mass is 406 g/mol. The molecule has 3 rings (SSSR count). The van der Waals surface area contributed by atoms with Gasteiger partial charge in [-0.2, -0.15) is 13.2 Å². The maximum absolute atomic E-state index is 12.7. The minimum atomic E-state index is -4.95. The topological polar surface area (TPSA) is 51.7 Å². The van der Waals surface area contributed by atoms with Gasteiger partial charge in [0.2, 0.25) is 5.88 Å². The van der Waals surface area contributed by atoms with Gasteiger partial charge in [0.1, 0.15) is 11.9 Å². The van der Waals surface area contributed by atoms with Crippen molar-refractivity contribution >= 4 is 5.91 Å². The summed E-state index contributed by atoms with van der Waals surface area (Å²) in [6, 6.07) is 6.40. The quantitative estimate of drug-likeness (QED) is 0.723. The maximum Gasteiger partial charge on any atom is 0.573 e. The van der Waals surface area contributed by atoms with E-state index in [1.165, 1.54) is 23.1 Å². The highest BCUT2D eigenvalue weighted by atomic mass is 19.4. The molecule has 1 saturated heterocycles. The van der Waals surface area contributed by atoms with Crippen LogP contribution in [0.4, 0.5) is 26.3 Å². The SMILES string of the molecule is O=C(c1ccccc1OC(F)(F)F)N1CC(Oc2cc(C(F)(F)F)ccn2)C1. The third-order valence-corrected chi connectivity index (χ3v) is 3.83. The molecule has 1 fully saturated rings. The lowest BCUT2D eigenvalue weighted by atomic mass is 10.1. The molecule has 0 bridgehead atoms. The molecule has 2 aromatic rings. The number of benzene rings is 1. The summed E-state index contributed by atoms with van der Waals surface area (Å²) in [6.45, 7) is -0.0335. The molecular formula is C17H12F6N2O3. The smallest absolute Gasteiger partial charge is 0.471 e. The Morgan fingerprint density at radius 3 is 2.39 bits per heavy atom. The summed E-state index contributed by atoms with van der Waals surface area (Å²) in [6.07, 6.45) is -9.18. The number of nitrogens with zero attached hydrogens (tertiary/aromatic N) is 2. The van der Waals surface area contributed by atoms with Crippen LogP contribution in [0.2, 0.25) is 0 Å². The second kappa shape index (κ2) is 7.21. The summed E-state index contributed by atoms with van der Waals surface area (Å²) in [4.78, 5) is 17.3. The van der Waals surface area contributed by atoms with Crippen molar-refractivity contribution in [1.29, 1.82) is 0 Å². The van der Waals surface area contributed by atoms with Crippen molar-refractivity contribution in [2.45, 2.75) is 18.6 Å². The third kappa shape index (κ3) is 4.65. The normalized spacial score (nSPS) is 15.1. The van der Waals surface area contributed by atoms with Gasteiger partial charge in [-0.15, -0.1) is 13.2 Å². The number of carbonyl (C=O) groups is 1. The number of likely N-dealkylation sites (tertiary alicyclic amines) is 1. The maximum atomic E-state index is 12.7. The van der Waals surface area contributed by atoms with Crippen LogP contribution in [0.5, 0.6) is 11.6 Å². The number of halogens is 6. The summed E-state index contributed by atoms with van der Waals surface area (Å²) in [5.74, 6) is -1.60. The highest BCUT2D eigenvalue weighted by Crippen LogP contribution is 2.32. The molecule has 28 heavy (non-hydrogen) atoms. The number of hydrogen-bond acceptors (Lipinski definition) is 4. The van der Waals surface area contributed by atoms with Gasteiger partial charge in [0, 0.05) is 12.3 Å². The molecule has 1 aliphatic heterocycles. The number of hydrogen-bond donors (Lipinski definition) is 0. The molecule has 2 heterocycles. The van der Waals surface area contributed by atoms with Crippen molar-refractivity contribution in [2.75, 3.05) is 13.1 Å². The molecule has 1 aromatic heterocycles. The fourth-order valence-corrected chi connectivity index (χ4v) is 2.53. The molecule has 11 heteroatoms. The van der Waals surface area contributed by atoms with Crippen LogP contribution in [-0.2, 0) is 6.18 Å². The van der Waals surface area contributed by atoms with Gasteiger partial charge in [0.15, 0.2) is 0 Å². The molecule has 0 N–H and O–H groups in total. The van der Waals surface area contributed by atoms with Gasteiger partial charge in [-0.05, 0) is 18.2 Å². The molecule has 0 aliphatic carbocycles. The average Bonchev–Trinajstić information content (AvgIpc) is 2.56. The Kier molecular flexibility index (Phi) is 5.09. The van der Waals surface area contributed by atoms with E-state index >= 15 is 0 Å². The Morgan fingerprint density at radius 1 is 1.07 bits per heavy atom. The van der Waals surface area contributed by atoms with Crippen LogP contribution in [0, 0.1) is 0 Å². The molecule has 1 amide bonds. The van der Waals surface area contributed by atoms with E-state index in [4.69, 9.17) is 4.74 Å². The molecule has 0 unspecified atom stereocenters. The molecule has 0 atom stereocenters. The van der Waals surface area contributed by atoms with Gasteiger partial charge in [-0.3, -0.25) is 4.79 Å². The van der Waals surface area contributed by atoms with Crippen LogP contribution in [0.25, 0.3) is 0 Å². The zero-order valence-electron chi connectivity index (χ0n) is 13.9. The standard InChI is InChI=1S/C17H12F6N2O3/c18-16(19,20)10-5-6-24-14(7-10)27-11-8-25(9-11)15(26)12-3-1-2-4-13(12)28-17(21,22)23/h1-7,11H,8-9H2. The predicted molar refractivity (Wildman–Crippen MR) is 82.7 cm³/mol. The van der Waals surface area contributed by atoms with Crippen LogP contribution < -0.4 is 9.47 Å². The lowest BCUT2D eigenvalue weighted by Gasteiger charge is -2.38. The second-order valence-corrected chi connectivity index (χ2v) is 5.87. The molecule has 5 nitrogen and oxygen atoms in total. The number of alkyl halides is 6. The zero-order valence-corrected chi connectivity index (χ0v) is 13.9. The second-order valence-electron chi connectivity index (χ2n) is 5.87. The summed E-state index contributed by atoms with van der Waals surface area (Å²) in [7, 11) is 0. The molecule has 1 aromatic carbocycles. The van der Waals surface area contributed by atoms with Crippen LogP contribution in [-0.4, -0.2) is 41.3 Å². The third-order valence-electron chi connectivity index (χ3n) is 3.83. The Hall–Kier alpha value is -2.98. The Labute approximate surface area is 154 Å². The lowest BCUT2D eigenvalue weighted by Crippen LogP contribution is -2.56. The first-order chi connectivity index (χ1) is 13.0. The van der Waals surface area contributed by atoms with Gasteiger partial charge >= 0.3 is 12.5 Å². The summed E-state index contributed by atoms with van der Waals surface area (Å²) < 4.78 is 84.5. The summed E-state index contributed by atoms with van der Waals surface area (Å²) >= 11 is 0. The van der Waals surface area contributed by atoms with E-state index in [0.717, 1.165) is 24.4 Å². The van der Waals surface area contributed by atoms with Gasteiger partial charge in [-0.25, -0.2) is 4.98 Å². The molecule has 0 spiro atoms. The fourth-order valence-electron chi connectivity index (χ4n) is 2.53. The first-order valence-corrected chi connectivity index (χ1v) is 7.87. The van der Waals surface area contributed by atoms with Gasteiger partial charge in [-0.1, -0.05) is 12.1 Å². The van der Waals surface area contributed by atoms with Crippen LogP contribution in [0.1, 0.15) is 15.9 Å². The van der Waals surface area contributed by atoms with Crippen LogP contribution >= 0.6 is 0 Å². The van der Waals surface area contributed by atoms with Crippen LogP contribution in [0.15, 0.2) is 42.6 Å².